The van der Waals surface area contributed by atoms with E-state index in [0.29, 0.717) is 22.9 Å². The summed E-state index contributed by atoms with van der Waals surface area (Å²) in [5, 5.41) is 6.51. The number of hydrogen-bond acceptors (Lipinski definition) is 6. The van der Waals surface area contributed by atoms with E-state index in [9.17, 15) is 18.0 Å². The van der Waals surface area contributed by atoms with Crippen molar-refractivity contribution in [2.75, 3.05) is 20.2 Å². The summed E-state index contributed by atoms with van der Waals surface area (Å²) < 4.78 is 34.5. The zero-order valence-corrected chi connectivity index (χ0v) is 21.5. The van der Waals surface area contributed by atoms with Gasteiger partial charge in [0.25, 0.3) is 10.0 Å². The van der Waals surface area contributed by atoms with Gasteiger partial charge in [0.1, 0.15) is 11.8 Å². The minimum absolute atomic E-state index is 0.0952. The molecule has 1 fully saturated rings. The summed E-state index contributed by atoms with van der Waals surface area (Å²) >= 11 is 6.29. The number of nitrogens with one attached hydrogen (secondary N) is 2. The highest BCUT2D eigenvalue weighted by atomic mass is 35.5. The Labute approximate surface area is 218 Å². The van der Waals surface area contributed by atoms with Crippen molar-refractivity contribution in [1.82, 2.24) is 19.2 Å². The van der Waals surface area contributed by atoms with Gasteiger partial charge in [0.05, 0.1) is 23.0 Å². The van der Waals surface area contributed by atoms with Gasteiger partial charge in [-0.15, -0.1) is 0 Å². The Kier molecular flexibility index (Phi) is 6.80. The third kappa shape index (κ3) is 4.63. The van der Waals surface area contributed by atoms with Crippen molar-refractivity contribution in [2.24, 2.45) is 0 Å². The average molecular weight is 541 g/mol. The Morgan fingerprint density at radius 1 is 1.08 bits per heavy atom. The highest BCUT2D eigenvalue weighted by Crippen LogP contribution is 2.28. The molecule has 0 radical (unpaired) electrons. The van der Waals surface area contributed by atoms with E-state index in [4.69, 9.17) is 16.3 Å². The Hall–Kier alpha value is -3.60. The molecule has 1 aromatic heterocycles. The van der Waals surface area contributed by atoms with Gasteiger partial charge in [0.2, 0.25) is 5.91 Å². The number of halogens is 1. The van der Waals surface area contributed by atoms with Gasteiger partial charge in [-0.1, -0.05) is 41.9 Å². The van der Waals surface area contributed by atoms with E-state index >= 15 is 0 Å². The molecule has 0 saturated carbocycles. The van der Waals surface area contributed by atoms with Crippen LogP contribution in [0, 0.1) is 0 Å². The Balaban J connectivity index is 1.74. The first kappa shape index (κ1) is 25.1. The molecular weight excluding hydrogens is 516 g/mol. The molecular formula is C26H25ClN4O5S. The minimum atomic E-state index is -4.33. The third-order valence-electron chi connectivity index (χ3n) is 6.42. The maximum atomic E-state index is 14.0. The second-order valence-electron chi connectivity index (χ2n) is 8.74. The molecule has 0 spiro atoms. The summed E-state index contributed by atoms with van der Waals surface area (Å²) in [4.78, 5) is 27.6. The topological polar surface area (TPSA) is 111 Å². The quantitative estimate of drug-likeness (QED) is 0.373. The molecule has 2 heterocycles. The molecule has 1 amide bonds. The molecule has 1 saturated heterocycles. The number of benzene rings is 3. The van der Waals surface area contributed by atoms with Crippen LogP contribution in [-0.2, 0) is 14.8 Å². The molecule has 1 aliphatic heterocycles. The van der Waals surface area contributed by atoms with Gasteiger partial charge >= 0.3 is 5.69 Å². The van der Waals surface area contributed by atoms with Gasteiger partial charge in [-0.3, -0.25) is 9.36 Å². The van der Waals surface area contributed by atoms with Crippen LogP contribution in [0.1, 0.15) is 18.0 Å². The van der Waals surface area contributed by atoms with Crippen LogP contribution < -0.4 is 21.1 Å². The van der Waals surface area contributed by atoms with E-state index in [1.54, 1.807) is 30.3 Å². The van der Waals surface area contributed by atoms with Gasteiger partial charge in [0, 0.05) is 17.6 Å². The van der Waals surface area contributed by atoms with E-state index in [2.05, 4.69) is 10.6 Å². The van der Waals surface area contributed by atoms with Crippen LogP contribution >= 0.6 is 11.6 Å². The van der Waals surface area contributed by atoms with E-state index in [-0.39, 0.29) is 22.0 Å². The van der Waals surface area contributed by atoms with Crippen molar-refractivity contribution in [3.63, 3.8) is 0 Å². The van der Waals surface area contributed by atoms with E-state index in [1.165, 1.54) is 54.1 Å². The Morgan fingerprint density at radius 3 is 2.46 bits per heavy atom. The van der Waals surface area contributed by atoms with Gasteiger partial charge in [-0.25, -0.2) is 13.2 Å². The van der Waals surface area contributed by atoms with Crippen LogP contribution in [0.5, 0.6) is 5.75 Å². The fourth-order valence-corrected chi connectivity index (χ4v) is 6.18. The number of carbonyl (C=O) groups excluding carboxylic acids is 1. The van der Waals surface area contributed by atoms with Gasteiger partial charge in [-0.05, 0) is 61.0 Å². The number of rotatable bonds is 7. The lowest BCUT2D eigenvalue weighted by molar-refractivity contribution is -0.123. The highest BCUT2D eigenvalue weighted by molar-refractivity contribution is 7.90. The first-order chi connectivity index (χ1) is 17.8. The number of aromatic nitrogens is 2. The number of carbonyl (C=O) groups is 1. The number of fused-ring (bicyclic) bond motifs is 1. The molecule has 9 nitrogen and oxygen atoms in total. The maximum Gasteiger partial charge on any atom is 0.344 e. The number of nitrogens with zero attached hydrogens (tertiary/aromatic N) is 2. The largest absolute Gasteiger partial charge is 0.497 e. The summed E-state index contributed by atoms with van der Waals surface area (Å²) in [6, 6.07) is 17.8. The standard InChI is InChI=1S/C26H25ClN4O5S/c1-36-20-8-10-21(11-9-20)37(34,35)31-22-12-7-18(27)15-23(22)30(26(31)33)24(17-5-3-2-4-6-17)25(32)29-19-13-14-28-16-19/h2-12,15,19,24,28H,13-14,16H2,1H3,(H,29,32)/t19-,24?/m0/s1. The van der Waals surface area contributed by atoms with Crippen LogP contribution in [0.2, 0.25) is 5.02 Å². The number of ether oxygens (including phenoxy) is 1. The molecule has 4 aromatic rings. The van der Waals surface area contributed by atoms with E-state index < -0.39 is 27.7 Å². The van der Waals surface area contributed by atoms with Crippen LogP contribution in [-0.4, -0.2) is 49.1 Å². The molecule has 1 aliphatic rings. The van der Waals surface area contributed by atoms with Crippen LogP contribution in [0.25, 0.3) is 11.0 Å². The van der Waals surface area contributed by atoms with Crippen LogP contribution in [0.4, 0.5) is 0 Å². The van der Waals surface area contributed by atoms with Crippen LogP contribution in [0.3, 0.4) is 0 Å². The minimum Gasteiger partial charge on any atom is -0.497 e. The highest BCUT2D eigenvalue weighted by Gasteiger charge is 2.33. The molecule has 3 aromatic carbocycles. The van der Waals surface area contributed by atoms with Crippen molar-refractivity contribution < 1.29 is 17.9 Å². The fraction of sp³-hybridized carbons (Fsp3) is 0.231. The number of imidazole rings is 1. The second kappa shape index (κ2) is 10.0. The summed E-state index contributed by atoms with van der Waals surface area (Å²) in [6.07, 6.45) is 0.752. The van der Waals surface area contributed by atoms with Crippen molar-refractivity contribution >= 4 is 38.6 Å². The SMILES string of the molecule is COc1ccc(S(=O)(=O)n2c(=O)n(C(C(=O)N[C@H]3CCNC3)c3ccccc3)c3cc(Cl)ccc32)cc1. The summed E-state index contributed by atoms with van der Waals surface area (Å²) in [7, 11) is -2.86. The molecule has 192 valence electrons. The third-order valence-corrected chi connectivity index (χ3v) is 8.36. The Morgan fingerprint density at radius 2 is 1.81 bits per heavy atom. The molecule has 11 heteroatoms. The summed E-state index contributed by atoms with van der Waals surface area (Å²) in [5.74, 6) is 0.0607. The normalized spacial score (nSPS) is 16.5. The first-order valence-corrected chi connectivity index (χ1v) is 13.5. The van der Waals surface area contributed by atoms with Crippen molar-refractivity contribution in [3.8, 4) is 5.75 Å². The van der Waals surface area contributed by atoms with E-state index in [1.807, 2.05) is 0 Å². The molecule has 0 bridgehead atoms. The van der Waals surface area contributed by atoms with Crippen molar-refractivity contribution in [2.45, 2.75) is 23.4 Å². The number of methoxy groups -OCH3 is 1. The van der Waals surface area contributed by atoms with Crippen molar-refractivity contribution in [1.29, 1.82) is 0 Å². The zero-order valence-electron chi connectivity index (χ0n) is 19.9. The fourth-order valence-electron chi connectivity index (χ4n) is 4.61. The molecule has 2 N–H and O–H groups in total. The zero-order chi connectivity index (χ0) is 26.2. The van der Waals surface area contributed by atoms with E-state index in [0.717, 1.165) is 16.9 Å². The molecule has 37 heavy (non-hydrogen) atoms. The monoisotopic (exact) mass is 540 g/mol. The number of amides is 1. The first-order valence-electron chi connectivity index (χ1n) is 11.7. The summed E-state index contributed by atoms with van der Waals surface area (Å²) in [6.45, 7) is 1.39. The lowest BCUT2D eigenvalue weighted by atomic mass is 10.0. The molecule has 2 atom stereocenters. The summed E-state index contributed by atoms with van der Waals surface area (Å²) in [5.41, 5.74) is 0.000167. The molecule has 1 unspecified atom stereocenters. The molecule has 5 rings (SSSR count). The smallest absolute Gasteiger partial charge is 0.344 e. The Bertz CT molecular complexity index is 1610. The number of hydrogen-bond donors (Lipinski definition) is 2. The second-order valence-corrected chi connectivity index (χ2v) is 11.0. The molecule has 0 aliphatic carbocycles. The lowest BCUT2D eigenvalue weighted by Crippen LogP contribution is -2.44. The van der Waals surface area contributed by atoms with Gasteiger partial charge in [0.15, 0.2) is 0 Å². The van der Waals surface area contributed by atoms with Gasteiger partial charge in [-0.2, -0.15) is 3.97 Å². The van der Waals surface area contributed by atoms with Gasteiger partial charge < -0.3 is 15.4 Å². The van der Waals surface area contributed by atoms with Crippen LogP contribution in [0.15, 0.2) is 82.5 Å². The van der Waals surface area contributed by atoms with Crippen molar-refractivity contribution in [3.05, 3.63) is 93.9 Å². The predicted octanol–water partition coefficient (Wildman–Crippen LogP) is 2.77. The lowest BCUT2D eigenvalue weighted by Gasteiger charge is -2.21. The maximum absolute atomic E-state index is 14.0. The predicted molar refractivity (Wildman–Crippen MR) is 141 cm³/mol. The average Bonchev–Trinajstić information content (AvgIpc) is 3.51.